The maximum absolute atomic E-state index is 6.03. The zero-order valence-electron chi connectivity index (χ0n) is 9.54. The van der Waals surface area contributed by atoms with E-state index in [0.717, 1.165) is 23.4 Å². The van der Waals surface area contributed by atoms with Gasteiger partial charge in [-0.2, -0.15) is 0 Å². The van der Waals surface area contributed by atoms with E-state index in [-0.39, 0.29) is 0 Å². The number of rotatable bonds is 3. The van der Waals surface area contributed by atoms with Crippen LogP contribution in [0, 0.1) is 6.92 Å². The van der Waals surface area contributed by atoms with Crippen LogP contribution in [0.25, 0.3) is 0 Å². The normalized spacial score (nSPS) is 12.6. The van der Waals surface area contributed by atoms with E-state index in [1.165, 1.54) is 0 Å². The summed E-state index contributed by atoms with van der Waals surface area (Å²) in [6.07, 6.45) is 1.13. The average Bonchev–Trinajstić information content (AvgIpc) is 2.20. The molecule has 1 aromatic rings. The summed E-state index contributed by atoms with van der Waals surface area (Å²) >= 11 is 0. The maximum Gasteiger partial charge on any atom is 0.0602 e. The summed E-state index contributed by atoms with van der Waals surface area (Å²) in [6.45, 7) is 6.44. The molecule has 0 aliphatic carbocycles. The van der Waals surface area contributed by atoms with Crippen molar-refractivity contribution in [2.24, 2.45) is 0 Å². The first-order valence-electron chi connectivity index (χ1n) is 5.15. The Labute approximate surface area is 86.7 Å². The number of nitrogen functional groups attached to an aromatic ring is 1. The topological polar surface area (TPSA) is 29.3 Å². The lowest BCUT2D eigenvalue weighted by atomic mass is 10.1. The fraction of sp³-hybridized carbons (Fsp3) is 0.500. The molecule has 0 heterocycles. The molecule has 0 saturated carbocycles. The second-order valence-electron chi connectivity index (χ2n) is 3.88. The summed E-state index contributed by atoms with van der Waals surface area (Å²) in [4.78, 5) is 2.24. The van der Waals surface area contributed by atoms with Crippen molar-refractivity contribution in [3.63, 3.8) is 0 Å². The minimum atomic E-state index is 0.527. The first-order valence-corrected chi connectivity index (χ1v) is 5.15. The third kappa shape index (κ3) is 2.00. The molecule has 1 aromatic carbocycles. The van der Waals surface area contributed by atoms with Crippen LogP contribution in [0.2, 0.25) is 0 Å². The minimum Gasteiger partial charge on any atom is -0.397 e. The SMILES string of the molecule is CCC(C)N(C)c1cccc(C)c1N. The molecule has 0 amide bonds. The van der Waals surface area contributed by atoms with Gasteiger partial charge in [-0.15, -0.1) is 0 Å². The van der Waals surface area contributed by atoms with Gasteiger partial charge in [0.2, 0.25) is 0 Å². The summed E-state index contributed by atoms with van der Waals surface area (Å²) < 4.78 is 0. The average molecular weight is 192 g/mol. The van der Waals surface area contributed by atoms with E-state index in [9.17, 15) is 0 Å². The van der Waals surface area contributed by atoms with Gasteiger partial charge in [-0.05, 0) is 31.9 Å². The lowest BCUT2D eigenvalue weighted by Gasteiger charge is -2.27. The van der Waals surface area contributed by atoms with E-state index in [2.05, 4.69) is 37.9 Å². The van der Waals surface area contributed by atoms with Crippen LogP contribution in [0.4, 0.5) is 11.4 Å². The van der Waals surface area contributed by atoms with Crippen LogP contribution in [0.15, 0.2) is 18.2 Å². The quantitative estimate of drug-likeness (QED) is 0.746. The molecular formula is C12H20N2. The molecule has 1 rings (SSSR count). The van der Waals surface area contributed by atoms with Crippen molar-refractivity contribution in [3.8, 4) is 0 Å². The van der Waals surface area contributed by atoms with Crippen molar-refractivity contribution in [2.45, 2.75) is 33.2 Å². The molecule has 2 nitrogen and oxygen atoms in total. The lowest BCUT2D eigenvalue weighted by molar-refractivity contribution is 0.664. The zero-order chi connectivity index (χ0) is 10.7. The predicted molar refractivity (Wildman–Crippen MR) is 63.7 cm³/mol. The second kappa shape index (κ2) is 4.36. The predicted octanol–water partition coefficient (Wildman–Crippen LogP) is 2.81. The summed E-state index contributed by atoms with van der Waals surface area (Å²) in [5, 5.41) is 0. The Bertz CT molecular complexity index is 307. The molecular weight excluding hydrogens is 172 g/mol. The minimum absolute atomic E-state index is 0.527. The van der Waals surface area contributed by atoms with Crippen LogP contribution in [0.3, 0.4) is 0 Å². The van der Waals surface area contributed by atoms with Gasteiger partial charge in [0.05, 0.1) is 11.4 Å². The third-order valence-electron chi connectivity index (χ3n) is 2.93. The van der Waals surface area contributed by atoms with Crippen molar-refractivity contribution < 1.29 is 0 Å². The van der Waals surface area contributed by atoms with Crippen molar-refractivity contribution in [2.75, 3.05) is 17.7 Å². The molecule has 14 heavy (non-hydrogen) atoms. The van der Waals surface area contributed by atoms with Crippen LogP contribution in [0.1, 0.15) is 25.8 Å². The standard InChI is InChI=1S/C12H20N2/c1-5-10(3)14(4)11-8-6-7-9(2)12(11)13/h6-8,10H,5,13H2,1-4H3. The Balaban J connectivity index is 3.01. The zero-order valence-corrected chi connectivity index (χ0v) is 9.54. The third-order valence-corrected chi connectivity index (χ3v) is 2.93. The van der Waals surface area contributed by atoms with Crippen LogP contribution >= 0.6 is 0 Å². The first-order chi connectivity index (χ1) is 6.57. The Morgan fingerprint density at radius 3 is 2.64 bits per heavy atom. The largest absolute Gasteiger partial charge is 0.397 e. The van der Waals surface area contributed by atoms with Gasteiger partial charge in [0.15, 0.2) is 0 Å². The number of para-hydroxylation sites is 1. The summed E-state index contributed by atoms with van der Waals surface area (Å²) in [5.41, 5.74) is 9.22. The number of nitrogens with two attached hydrogens (primary N) is 1. The lowest BCUT2D eigenvalue weighted by Crippen LogP contribution is -2.28. The fourth-order valence-electron chi connectivity index (χ4n) is 1.48. The highest BCUT2D eigenvalue weighted by molar-refractivity contribution is 5.70. The van der Waals surface area contributed by atoms with Crippen molar-refractivity contribution >= 4 is 11.4 Å². The highest BCUT2D eigenvalue weighted by Crippen LogP contribution is 2.26. The number of hydrogen-bond acceptors (Lipinski definition) is 2. The number of anilines is 2. The van der Waals surface area contributed by atoms with Crippen molar-refractivity contribution in [1.29, 1.82) is 0 Å². The Kier molecular flexibility index (Phi) is 3.39. The van der Waals surface area contributed by atoms with Gasteiger partial charge in [-0.1, -0.05) is 19.1 Å². The van der Waals surface area contributed by atoms with Gasteiger partial charge >= 0.3 is 0 Å². The molecule has 1 unspecified atom stereocenters. The number of aryl methyl sites for hydroxylation is 1. The highest BCUT2D eigenvalue weighted by atomic mass is 15.1. The number of hydrogen-bond donors (Lipinski definition) is 1. The monoisotopic (exact) mass is 192 g/mol. The molecule has 0 aromatic heterocycles. The molecule has 0 fully saturated rings. The smallest absolute Gasteiger partial charge is 0.0602 e. The van der Waals surface area contributed by atoms with Crippen molar-refractivity contribution in [1.82, 2.24) is 0 Å². The molecule has 0 aliphatic rings. The van der Waals surface area contributed by atoms with Gasteiger partial charge in [0.25, 0.3) is 0 Å². The van der Waals surface area contributed by atoms with E-state index < -0.39 is 0 Å². The van der Waals surface area contributed by atoms with Crippen molar-refractivity contribution in [3.05, 3.63) is 23.8 Å². The summed E-state index contributed by atoms with van der Waals surface area (Å²) in [7, 11) is 2.10. The van der Waals surface area contributed by atoms with E-state index in [1.54, 1.807) is 0 Å². The Hall–Kier alpha value is -1.18. The van der Waals surface area contributed by atoms with E-state index in [1.807, 2.05) is 13.0 Å². The molecule has 78 valence electrons. The molecule has 0 bridgehead atoms. The molecule has 1 atom stereocenters. The maximum atomic E-state index is 6.03. The van der Waals surface area contributed by atoms with Crippen LogP contribution in [-0.2, 0) is 0 Å². The highest BCUT2D eigenvalue weighted by Gasteiger charge is 2.11. The molecule has 0 aliphatic heterocycles. The van der Waals surface area contributed by atoms with E-state index in [4.69, 9.17) is 5.73 Å². The van der Waals surface area contributed by atoms with Crippen LogP contribution < -0.4 is 10.6 Å². The molecule has 0 spiro atoms. The van der Waals surface area contributed by atoms with Crippen LogP contribution in [0.5, 0.6) is 0 Å². The van der Waals surface area contributed by atoms with Gasteiger partial charge < -0.3 is 10.6 Å². The molecule has 2 heteroatoms. The Morgan fingerprint density at radius 1 is 1.43 bits per heavy atom. The Morgan fingerprint density at radius 2 is 2.07 bits per heavy atom. The molecule has 0 saturated heterocycles. The molecule has 0 radical (unpaired) electrons. The summed E-state index contributed by atoms with van der Waals surface area (Å²) in [5.74, 6) is 0. The van der Waals surface area contributed by atoms with Gasteiger partial charge in [0.1, 0.15) is 0 Å². The second-order valence-corrected chi connectivity index (χ2v) is 3.88. The van der Waals surface area contributed by atoms with E-state index >= 15 is 0 Å². The van der Waals surface area contributed by atoms with Crippen LogP contribution in [-0.4, -0.2) is 13.1 Å². The molecule has 2 N–H and O–H groups in total. The van der Waals surface area contributed by atoms with Gasteiger partial charge in [-0.3, -0.25) is 0 Å². The van der Waals surface area contributed by atoms with E-state index in [0.29, 0.717) is 6.04 Å². The summed E-state index contributed by atoms with van der Waals surface area (Å²) in [6, 6.07) is 6.71. The fourth-order valence-corrected chi connectivity index (χ4v) is 1.48. The number of benzene rings is 1. The first kappa shape index (κ1) is 10.9. The number of nitrogens with zero attached hydrogens (tertiary/aromatic N) is 1. The van der Waals surface area contributed by atoms with Gasteiger partial charge in [-0.25, -0.2) is 0 Å². The van der Waals surface area contributed by atoms with Gasteiger partial charge in [0, 0.05) is 13.1 Å².